The van der Waals surface area contributed by atoms with Crippen LogP contribution in [0.2, 0.25) is 0 Å². The highest BCUT2D eigenvalue weighted by Crippen LogP contribution is 2.26. The SMILES string of the molecule is COc1cccc(C2CC(C(=O)N3CCN(C(=O)c4ccccc4OC)CC3)NN2)c1. The first-order chi connectivity index (χ1) is 15.1. The summed E-state index contributed by atoms with van der Waals surface area (Å²) in [6.45, 7) is 2.04. The summed E-state index contributed by atoms with van der Waals surface area (Å²) >= 11 is 0. The highest BCUT2D eigenvalue weighted by Gasteiger charge is 2.35. The van der Waals surface area contributed by atoms with Gasteiger partial charge in [-0.15, -0.1) is 0 Å². The van der Waals surface area contributed by atoms with Crippen LogP contribution in [0.15, 0.2) is 48.5 Å². The molecule has 0 radical (unpaired) electrons. The van der Waals surface area contributed by atoms with Crippen molar-refractivity contribution in [3.8, 4) is 11.5 Å². The number of carbonyl (C=O) groups is 2. The van der Waals surface area contributed by atoms with Crippen LogP contribution in [0, 0.1) is 0 Å². The number of ether oxygens (including phenoxy) is 2. The van der Waals surface area contributed by atoms with Gasteiger partial charge in [-0.3, -0.25) is 9.59 Å². The molecule has 2 unspecified atom stereocenters. The molecule has 0 aromatic heterocycles. The van der Waals surface area contributed by atoms with Gasteiger partial charge in [0.2, 0.25) is 5.91 Å². The predicted octanol–water partition coefficient (Wildman–Crippen LogP) is 1.60. The van der Waals surface area contributed by atoms with Crippen molar-refractivity contribution in [3.05, 3.63) is 59.7 Å². The van der Waals surface area contributed by atoms with Crippen molar-refractivity contribution in [2.75, 3.05) is 40.4 Å². The number of hydrazine groups is 1. The Hall–Kier alpha value is -3.10. The lowest BCUT2D eigenvalue weighted by Crippen LogP contribution is -2.54. The van der Waals surface area contributed by atoms with E-state index in [2.05, 4.69) is 10.9 Å². The number of carbonyl (C=O) groups excluding carboxylic acids is 2. The zero-order valence-corrected chi connectivity index (χ0v) is 17.8. The van der Waals surface area contributed by atoms with Gasteiger partial charge < -0.3 is 19.3 Å². The van der Waals surface area contributed by atoms with Crippen molar-refractivity contribution in [1.82, 2.24) is 20.7 Å². The van der Waals surface area contributed by atoms with Crippen molar-refractivity contribution < 1.29 is 19.1 Å². The fraction of sp³-hybridized carbons (Fsp3) is 0.391. The molecule has 0 aliphatic carbocycles. The van der Waals surface area contributed by atoms with Crippen LogP contribution in [-0.2, 0) is 4.79 Å². The Morgan fingerprint density at radius 3 is 2.39 bits per heavy atom. The minimum Gasteiger partial charge on any atom is -0.497 e. The zero-order chi connectivity index (χ0) is 21.8. The van der Waals surface area contributed by atoms with Gasteiger partial charge in [-0.05, 0) is 36.2 Å². The second-order valence-electron chi connectivity index (χ2n) is 7.72. The van der Waals surface area contributed by atoms with Gasteiger partial charge in [0.25, 0.3) is 5.91 Å². The molecule has 2 N–H and O–H groups in total. The summed E-state index contributed by atoms with van der Waals surface area (Å²) in [7, 11) is 3.20. The van der Waals surface area contributed by atoms with E-state index < -0.39 is 0 Å². The summed E-state index contributed by atoms with van der Waals surface area (Å²) in [5, 5.41) is 0. The Morgan fingerprint density at radius 1 is 0.903 bits per heavy atom. The fourth-order valence-electron chi connectivity index (χ4n) is 4.14. The molecule has 0 saturated carbocycles. The smallest absolute Gasteiger partial charge is 0.257 e. The summed E-state index contributed by atoms with van der Waals surface area (Å²) in [5.74, 6) is 1.35. The first-order valence-corrected chi connectivity index (χ1v) is 10.5. The number of benzene rings is 2. The van der Waals surface area contributed by atoms with E-state index in [9.17, 15) is 9.59 Å². The molecule has 2 aliphatic rings. The predicted molar refractivity (Wildman–Crippen MR) is 116 cm³/mol. The molecule has 2 saturated heterocycles. The summed E-state index contributed by atoms with van der Waals surface area (Å²) < 4.78 is 10.6. The van der Waals surface area contributed by atoms with Gasteiger partial charge in [0.05, 0.1) is 19.8 Å². The molecular weight excluding hydrogens is 396 g/mol. The topological polar surface area (TPSA) is 83.1 Å². The third-order valence-corrected chi connectivity index (χ3v) is 5.91. The quantitative estimate of drug-likeness (QED) is 0.759. The maximum atomic E-state index is 13.0. The minimum absolute atomic E-state index is 0.0393. The highest BCUT2D eigenvalue weighted by atomic mass is 16.5. The van der Waals surface area contributed by atoms with Gasteiger partial charge in [0, 0.05) is 32.2 Å². The molecule has 0 spiro atoms. The van der Waals surface area contributed by atoms with Gasteiger partial charge in [-0.2, -0.15) is 0 Å². The molecule has 2 amide bonds. The Kier molecular flexibility index (Phi) is 6.39. The number of nitrogens with one attached hydrogen (secondary N) is 2. The lowest BCUT2D eigenvalue weighted by atomic mass is 10.0. The lowest BCUT2D eigenvalue weighted by molar-refractivity contribution is -0.134. The van der Waals surface area contributed by atoms with Gasteiger partial charge >= 0.3 is 0 Å². The average molecular weight is 425 g/mol. The standard InChI is InChI=1S/C23H28N4O4/c1-30-17-7-5-6-16(14-17)19-15-20(25-24-19)23(29)27-12-10-26(11-13-27)22(28)18-8-3-4-9-21(18)31-2/h3-9,14,19-20,24-25H,10-13,15H2,1-2H3. The van der Waals surface area contributed by atoms with Crippen LogP contribution in [0.4, 0.5) is 0 Å². The summed E-state index contributed by atoms with van der Waals surface area (Å²) in [6.07, 6.45) is 0.659. The first kappa shape index (κ1) is 21.1. The van der Waals surface area contributed by atoms with Crippen LogP contribution in [0.5, 0.6) is 11.5 Å². The summed E-state index contributed by atoms with van der Waals surface area (Å²) in [6, 6.07) is 14.8. The van der Waals surface area contributed by atoms with Crippen LogP contribution >= 0.6 is 0 Å². The van der Waals surface area contributed by atoms with Crippen LogP contribution in [0.25, 0.3) is 0 Å². The van der Waals surface area contributed by atoms with Crippen LogP contribution in [-0.4, -0.2) is 68.1 Å². The van der Waals surface area contributed by atoms with Crippen LogP contribution in [0.3, 0.4) is 0 Å². The van der Waals surface area contributed by atoms with Crippen molar-refractivity contribution in [2.45, 2.75) is 18.5 Å². The molecule has 31 heavy (non-hydrogen) atoms. The maximum Gasteiger partial charge on any atom is 0.257 e. The molecule has 2 aromatic rings. The number of amides is 2. The van der Waals surface area contributed by atoms with E-state index in [1.54, 1.807) is 31.3 Å². The molecular formula is C23H28N4O4. The fourth-order valence-corrected chi connectivity index (χ4v) is 4.14. The number of rotatable bonds is 5. The maximum absolute atomic E-state index is 13.0. The number of hydrogen-bond acceptors (Lipinski definition) is 6. The highest BCUT2D eigenvalue weighted by molar-refractivity contribution is 5.97. The number of piperazine rings is 1. The Balaban J connectivity index is 1.33. The van der Waals surface area contributed by atoms with Crippen molar-refractivity contribution in [2.24, 2.45) is 0 Å². The molecule has 2 aliphatic heterocycles. The van der Waals surface area contributed by atoms with Crippen molar-refractivity contribution in [3.63, 3.8) is 0 Å². The lowest BCUT2D eigenvalue weighted by Gasteiger charge is -2.36. The van der Waals surface area contributed by atoms with E-state index in [1.165, 1.54) is 0 Å². The van der Waals surface area contributed by atoms with Crippen LogP contribution in [0.1, 0.15) is 28.4 Å². The molecule has 2 fully saturated rings. The van der Waals surface area contributed by atoms with E-state index in [-0.39, 0.29) is 23.9 Å². The van der Waals surface area contributed by atoms with Gasteiger partial charge in [-0.1, -0.05) is 24.3 Å². The van der Waals surface area contributed by atoms with E-state index in [4.69, 9.17) is 9.47 Å². The number of methoxy groups -OCH3 is 2. The normalized spacial score (nSPS) is 21.1. The van der Waals surface area contributed by atoms with E-state index in [1.807, 2.05) is 41.3 Å². The third kappa shape index (κ3) is 4.50. The second kappa shape index (κ2) is 9.36. The molecule has 2 aromatic carbocycles. The van der Waals surface area contributed by atoms with Gasteiger partial charge in [0.15, 0.2) is 0 Å². The van der Waals surface area contributed by atoms with Gasteiger partial charge in [-0.25, -0.2) is 10.9 Å². The Morgan fingerprint density at radius 2 is 1.65 bits per heavy atom. The van der Waals surface area contributed by atoms with Crippen LogP contribution < -0.4 is 20.3 Å². The summed E-state index contributed by atoms with van der Waals surface area (Å²) in [5.41, 5.74) is 7.99. The zero-order valence-electron chi connectivity index (χ0n) is 17.8. The largest absolute Gasteiger partial charge is 0.497 e. The molecule has 4 rings (SSSR count). The Labute approximate surface area is 182 Å². The minimum atomic E-state index is -0.298. The van der Waals surface area contributed by atoms with Crippen molar-refractivity contribution in [1.29, 1.82) is 0 Å². The van der Waals surface area contributed by atoms with Crippen molar-refractivity contribution >= 4 is 11.8 Å². The number of para-hydroxylation sites is 1. The second-order valence-corrected chi connectivity index (χ2v) is 7.72. The van der Waals surface area contributed by atoms with E-state index in [0.29, 0.717) is 43.9 Å². The first-order valence-electron chi connectivity index (χ1n) is 10.5. The third-order valence-electron chi connectivity index (χ3n) is 5.91. The average Bonchev–Trinajstić information content (AvgIpc) is 3.33. The van der Waals surface area contributed by atoms with E-state index in [0.717, 1.165) is 11.3 Å². The number of nitrogens with zero attached hydrogens (tertiary/aromatic N) is 2. The summed E-state index contributed by atoms with van der Waals surface area (Å²) in [4.78, 5) is 29.5. The van der Waals surface area contributed by atoms with Gasteiger partial charge in [0.1, 0.15) is 17.5 Å². The number of hydrogen-bond donors (Lipinski definition) is 2. The molecule has 2 atom stereocenters. The molecule has 0 bridgehead atoms. The molecule has 2 heterocycles. The Bertz CT molecular complexity index is 943. The molecule has 8 nitrogen and oxygen atoms in total. The molecule has 164 valence electrons. The molecule has 8 heteroatoms. The monoisotopic (exact) mass is 424 g/mol. The van der Waals surface area contributed by atoms with E-state index >= 15 is 0 Å².